The number of likely N-dealkylation sites (tertiary alicyclic amines) is 1. The molecule has 3 rings (SSSR count). The van der Waals surface area contributed by atoms with Crippen molar-refractivity contribution in [2.75, 3.05) is 19.6 Å². The topological polar surface area (TPSA) is 47.3 Å². The van der Waals surface area contributed by atoms with Crippen molar-refractivity contribution in [2.24, 2.45) is 5.92 Å². The number of hydrogen-bond acceptors (Lipinski definition) is 3. The molecule has 1 heterocycles. The SMILES string of the molecule is C=C(O)c1ccc(-c2ccc(CCC3CCN(CC(C)(C)F)CC3)c(C#N)c2)cc1. The number of nitrogens with zero attached hydrogens (tertiary/aromatic N) is 2. The summed E-state index contributed by atoms with van der Waals surface area (Å²) in [6, 6.07) is 15.9. The number of alkyl halides is 1. The van der Waals surface area contributed by atoms with Gasteiger partial charge in [-0.3, -0.25) is 0 Å². The van der Waals surface area contributed by atoms with Crippen molar-refractivity contribution in [3.63, 3.8) is 0 Å². The highest BCUT2D eigenvalue weighted by atomic mass is 19.1. The predicted octanol–water partition coefficient (Wildman–Crippen LogP) is 6.15. The molecule has 158 valence electrons. The average Bonchev–Trinajstić information content (AvgIpc) is 2.72. The Kier molecular flexibility index (Phi) is 6.95. The van der Waals surface area contributed by atoms with E-state index < -0.39 is 5.67 Å². The van der Waals surface area contributed by atoms with Crippen molar-refractivity contribution in [1.29, 1.82) is 5.26 Å². The molecular formula is C26H31FN2O. The first-order chi connectivity index (χ1) is 14.2. The van der Waals surface area contributed by atoms with Gasteiger partial charge in [0.1, 0.15) is 11.4 Å². The number of aryl methyl sites for hydroxylation is 1. The van der Waals surface area contributed by atoms with Crippen LogP contribution in [0.5, 0.6) is 0 Å². The smallest absolute Gasteiger partial charge is 0.118 e. The van der Waals surface area contributed by atoms with Gasteiger partial charge in [0.05, 0.1) is 11.6 Å². The number of nitriles is 1. The molecule has 0 bridgehead atoms. The third-order valence-electron chi connectivity index (χ3n) is 5.91. The summed E-state index contributed by atoms with van der Waals surface area (Å²) in [5.74, 6) is 0.683. The highest BCUT2D eigenvalue weighted by molar-refractivity contribution is 5.69. The standard InChI is InChI=1S/C26H31FN2O/c1-19(30)21-6-8-22(9-7-21)24-11-10-23(25(16-24)17-28)5-4-20-12-14-29(15-13-20)18-26(2,3)27/h6-11,16,20,30H,1,4-5,12-15,18H2,2-3H3. The van der Waals surface area contributed by atoms with Gasteiger partial charge in [0.2, 0.25) is 0 Å². The average molecular weight is 407 g/mol. The van der Waals surface area contributed by atoms with E-state index in [1.807, 2.05) is 30.3 Å². The zero-order valence-electron chi connectivity index (χ0n) is 18.0. The first kappa shape index (κ1) is 22.1. The third kappa shape index (κ3) is 5.93. The number of aliphatic hydroxyl groups excluding tert-OH is 1. The van der Waals surface area contributed by atoms with E-state index in [1.165, 1.54) is 0 Å². The lowest BCUT2D eigenvalue weighted by Crippen LogP contribution is -2.41. The number of piperidine rings is 1. The van der Waals surface area contributed by atoms with E-state index in [1.54, 1.807) is 13.8 Å². The molecule has 3 nitrogen and oxygen atoms in total. The van der Waals surface area contributed by atoms with Crippen LogP contribution in [0, 0.1) is 17.2 Å². The molecule has 1 fully saturated rings. The summed E-state index contributed by atoms with van der Waals surface area (Å²) in [4.78, 5) is 2.23. The Morgan fingerprint density at radius 3 is 2.37 bits per heavy atom. The third-order valence-corrected chi connectivity index (χ3v) is 5.91. The molecule has 0 aromatic heterocycles. The van der Waals surface area contributed by atoms with Crippen molar-refractivity contribution in [2.45, 2.75) is 45.2 Å². The molecule has 1 saturated heterocycles. The molecule has 2 aromatic rings. The number of benzene rings is 2. The summed E-state index contributed by atoms with van der Waals surface area (Å²) in [5.41, 5.74) is 3.37. The van der Waals surface area contributed by atoms with Crippen LogP contribution in [0.3, 0.4) is 0 Å². The quantitative estimate of drug-likeness (QED) is 0.561. The molecule has 30 heavy (non-hydrogen) atoms. The van der Waals surface area contributed by atoms with E-state index >= 15 is 0 Å². The van der Waals surface area contributed by atoms with Crippen molar-refractivity contribution in [1.82, 2.24) is 4.90 Å². The second-order valence-electron chi connectivity index (χ2n) is 8.98. The van der Waals surface area contributed by atoms with Crippen LogP contribution in [0.4, 0.5) is 4.39 Å². The highest BCUT2D eigenvalue weighted by Crippen LogP contribution is 2.28. The van der Waals surface area contributed by atoms with Crippen LogP contribution in [-0.2, 0) is 6.42 Å². The van der Waals surface area contributed by atoms with Crippen molar-refractivity contribution in [3.8, 4) is 17.2 Å². The Labute approximate surface area is 179 Å². The van der Waals surface area contributed by atoms with Gasteiger partial charge in [-0.25, -0.2) is 4.39 Å². The lowest BCUT2D eigenvalue weighted by molar-refractivity contribution is 0.0943. The first-order valence-corrected chi connectivity index (χ1v) is 10.7. The Balaban J connectivity index is 1.60. The number of rotatable bonds is 7. The second-order valence-corrected chi connectivity index (χ2v) is 8.98. The second kappa shape index (κ2) is 9.45. The number of hydrogen-bond donors (Lipinski definition) is 1. The van der Waals surface area contributed by atoms with Gasteiger partial charge in [-0.05, 0) is 81.3 Å². The minimum absolute atomic E-state index is 0.0499. The fourth-order valence-corrected chi connectivity index (χ4v) is 4.26. The molecule has 4 heteroatoms. The summed E-state index contributed by atoms with van der Waals surface area (Å²) in [7, 11) is 0. The van der Waals surface area contributed by atoms with Gasteiger partial charge in [-0.1, -0.05) is 43.0 Å². The Morgan fingerprint density at radius 2 is 1.80 bits per heavy atom. The molecule has 1 N–H and O–H groups in total. The maximum absolute atomic E-state index is 13.8. The molecule has 1 aliphatic rings. The molecular weight excluding hydrogens is 375 g/mol. The van der Waals surface area contributed by atoms with E-state index in [2.05, 4.69) is 29.7 Å². The summed E-state index contributed by atoms with van der Waals surface area (Å²) in [6.07, 6.45) is 4.15. The van der Waals surface area contributed by atoms with Gasteiger partial charge < -0.3 is 10.0 Å². The fraction of sp³-hybridized carbons (Fsp3) is 0.423. The molecule has 2 aromatic carbocycles. The zero-order chi connectivity index (χ0) is 21.7. The Bertz CT molecular complexity index is 914. The lowest BCUT2D eigenvalue weighted by atomic mass is 9.88. The van der Waals surface area contributed by atoms with Gasteiger partial charge in [0, 0.05) is 12.1 Å². The molecule has 0 aliphatic carbocycles. The van der Waals surface area contributed by atoms with Crippen LogP contribution in [0.15, 0.2) is 49.0 Å². The summed E-state index contributed by atoms with van der Waals surface area (Å²) < 4.78 is 13.8. The number of halogens is 1. The van der Waals surface area contributed by atoms with E-state index in [-0.39, 0.29) is 5.76 Å². The van der Waals surface area contributed by atoms with Gasteiger partial charge in [0.15, 0.2) is 0 Å². The van der Waals surface area contributed by atoms with Crippen LogP contribution >= 0.6 is 0 Å². The normalized spacial score (nSPS) is 15.7. The Hall–Kier alpha value is -2.64. The first-order valence-electron chi connectivity index (χ1n) is 10.7. The van der Waals surface area contributed by atoms with Crippen molar-refractivity contribution >= 4 is 5.76 Å². The predicted molar refractivity (Wildman–Crippen MR) is 121 cm³/mol. The minimum Gasteiger partial charge on any atom is -0.508 e. The maximum Gasteiger partial charge on any atom is 0.118 e. The van der Waals surface area contributed by atoms with Crippen LogP contribution in [0.2, 0.25) is 0 Å². The Morgan fingerprint density at radius 1 is 1.17 bits per heavy atom. The molecule has 1 aliphatic heterocycles. The molecule has 0 saturated carbocycles. The van der Waals surface area contributed by atoms with Crippen LogP contribution in [0.25, 0.3) is 16.9 Å². The zero-order valence-corrected chi connectivity index (χ0v) is 18.0. The highest BCUT2D eigenvalue weighted by Gasteiger charge is 2.25. The summed E-state index contributed by atoms with van der Waals surface area (Å²) in [6.45, 7) is 9.24. The van der Waals surface area contributed by atoms with Crippen LogP contribution in [-0.4, -0.2) is 35.3 Å². The number of aliphatic hydroxyl groups is 1. The van der Waals surface area contributed by atoms with E-state index in [0.29, 0.717) is 18.0 Å². The van der Waals surface area contributed by atoms with E-state index in [0.717, 1.165) is 61.0 Å². The molecule has 0 unspecified atom stereocenters. The fourth-order valence-electron chi connectivity index (χ4n) is 4.26. The molecule has 0 spiro atoms. The maximum atomic E-state index is 13.8. The summed E-state index contributed by atoms with van der Waals surface area (Å²) >= 11 is 0. The van der Waals surface area contributed by atoms with Gasteiger partial charge in [-0.2, -0.15) is 5.26 Å². The molecule has 0 amide bonds. The van der Waals surface area contributed by atoms with E-state index in [4.69, 9.17) is 0 Å². The molecule has 0 radical (unpaired) electrons. The largest absolute Gasteiger partial charge is 0.508 e. The van der Waals surface area contributed by atoms with Gasteiger partial charge in [-0.15, -0.1) is 0 Å². The minimum atomic E-state index is -1.14. The van der Waals surface area contributed by atoms with Gasteiger partial charge >= 0.3 is 0 Å². The summed E-state index contributed by atoms with van der Waals surface area (Å²) in [5, 5.41) is 19.1. The van der Waals surface area contributed by atoms with Crippen LogP contribution < -0.4 is 0 Å². The van der Waals surface area contributed by atoms with E-state index in [9.17, 15) is 14.8 Å². The molecule has 0 atom stereocenters. The lowest BCUT2D eigenvalue weighted by Gasteiger charge is -2.34. The van der Waals surface area contributed by atoms with Crippen molar-refractivity contribution < 1.29 is 9.50 Å². The van der Waals surface area contributed by atoms with Crippen LogP contribution in [0.1, 0.15) is 49.8 Å². The monoisotopic (exact) mass is 406 g/mol. The van der Waals surface area contributed by atoms with Crippen molar-refractivity contribution in [3.05, 3.63) is 65.7 Å². The van der Waals surface area contributed by atoms with Gasteiger partial charge in [0.25, 0.3) is 0 Å².